The maximum atomic E-state index is 10.5. The van der Waals surface area contributed by atoms with Crippen LogP contribution in [0.15, 0.2) is 0 Å². The highest BCUT2D eigenvalue weighted by Crippen LogP contribution is 2.16. The second kappa shape index (κ2) is 3.94. The molecule has 0 amide bonds. The van der Waals surface area contributed by atoms with Gasteiger partial charge in [0, 0.05) is 0 Å². The predicted molar refractivity (Wildman–Crippen MR) is 42.2 cm³/mol. The van der Waals surface area contributed by atoms with Crippen molar-refractivity contribution >= 4 is 0 Å². The first-order valence-corrected chi connectivity index (χ1v) is 3.81. The van der Waals surface area contributed by atoms with Crippen LogP contribution in [0, 0.1) is 5.41 Å². The van der Waals surface area contributed by atoms with Crippen LogP contribution >= 0.6 is 0 Å². The van der Waals surface area contributed by atoms with Crippen LogP contribution in [0.3, 0.4) is 0 Å². The van der Waals surface area contributed by atoms with E-state index >= 15 is 0 Å². The molecule has 0 saturated heterocycles. The third-order valence-corrected chi connectivity index (χ3v) is 1.31. The molecule has 2 nitrogen and oxygen atoms in total. The minimum Gasteiger partial charge on any atom is -0.290 e. The van der Waals surface area contributed by atoms with Gasteiger partial charge in [-0.25, -0.2) is 5.11 Å². The third kappa shape index (κ3) is 7.92. The van der Waals surface area contributed by atoms with Crippen LogP contribution < -0.4 is 5.32 Å². The normalized spacial score (nSPS) is 15.3. The Kier molecular flexibility index (Phi) is 3.91. The molecule has 61 valence electrons. The molecular weight excluding hydrogens is 126 g/mol. The van der Waals surface area contributed by atoms with E-state index in [0.29, 0.717) is 5.41 Å². The molecule has 0 rings (SSSR count). The van der Waals surface area contributed by atoms with Crippen LogP contribution in [-0.2, 0) is 5.11 Å². The van der Waals surface area contributed by atoms with Crippen LogP contribution in [0.1, 0.15) is 34.1 Å². The van der Waals surface area contributed by atoms with Crippen molar-refractivity contribution in [2.24, 2.45) is 5.41 Å². The second-order valence-electron chi connectivity index (χ2n) is 3.91. The van der Waals surface area contributed by atoms with E-state index in [-0.39, 0.29) is 0 Å². The first-order chi connectivity index (χ1) is 4.42. The van der Waals surface area contributed by atoms with E-state index in [2.05, 4.69) is 26.1 Å². The molecule has 0 aromatic carbocycles. The van der Waals surface area contributed by atoms with E-state index in [4.69, 9.17) is 0 Å². The van der Waals surface area contributed by atoms with Crippen molar-refractivity contribution < 1.29 is 5.11 Å². The number of hydrogen-bond donors (Lipinski definition) is 1. The Labute approximate surface area is 63.6 Å². The molecule has 0 aliphatic carbocycles. The molecule has 0 aromatic rings. The lowest BCUT2D eigenvalue weighted by molar-refractivity contribution is 0.0727. The van der Waals surface area contributed by atoms with Crippen molar-refractivity contribution in [3.05, 3.63) is 0 Å². The van der Waals surface area contributed by atoms with Crippen molar-refractivity contribution in [1.82, 2.24) is 5.32 Å². The molecule has 10 heavy (non-hydrogen) atoms. The number of nitrogens with one attached hydrogen (secondary N) is 1. The van der Waals surface area contributed by atoms with Crippen LogP contribution in [0.25, 0.3) is 0 Å². The smallest absolute Gasteiger partial charge is 0.140 e. The molecule has 2 heteroatoms. The summed E-state index contributed by atoms with van der Waals surface area (Å²) < 4.78 is 0. The average Bonchev–Trinajstić information content (AvgIpc) is 1.59. The summed E-state index contributed by atoms with van der Waals surface area (Å²) in [7, 11) is 0. The Morgan fingerprint density at radius 3 is 2.20 bits per heavy atom. The predicted octanol–water partition coefficient (Wildman–Crippen LogP) is 1.79. The lowest BCUT2D eigenvalue weighted by Crippen LogP contribution is -2.27. The number of rotatable bonds is 3. The summed E-state index contributed by atoms with van der Waals surface area (Å²) in [5.74, 6) is 0. The SMILES string of the molecule is CC([O])NCCC(C)(C)C. The second-order valence-corrected chi connectivity index (χ2v) is 3.91. The zero-order chi connectivity index (χ0) is 8.20. The van der Waals surface area contributed by atoms with Crippen molar-refractivity contribution in [3.8, 4) is 0 Å². The van der Waals surface area contributed by atoms with Crippen LogP contribution in [0.4, 0.5) is 0 Å². The van der Waals surface area contributed by atoms with E-state index in [1.165, 1.54) is 0 Å². The van der Waals surface area contributed by atoms with Crippen LogP contribution in [0.5, 0.6) is 0 Å². The van der Waals surface area contributed by atoms with Crippen molar-refractivity contribution in [2.75, 3.05) is 6.54 Å². The molecule has 0 heterocycles. The van der Waals surface area contributed by atoms with Crippen molar-refractivity contribution in [2.45, 2.75) is 40.3 Å². The molecular formula is C8H18NO. The molecule has 0 aliphatic rings. The molecule has 1 atom stereocenters. The zero-order valence-electron chi connectivity index (χ0n) is 7.40. The largest absolute Gasteiger partial charge is 0.290 e. The van der Waals surface area contributed by atoms with E-state index < -0.39 is 6.23 Å². The number of hydrogen-bond acceptors (Lipinski definition) is 1. The summed E-state index contributed by atoms with van der Waals surface area (Å²) in [6, 6.07) is 0. The van der Waals surface area contributed by atoms with E-state index in [9.17, 15) is 5.11 Å². The van der Waals surface area contributed by atoms with Gasteiger partial charge in [0.2, 0.25) is 0 Å². The van der Waals surface area contributed by atoms with E-state index in [0.717, 1.165) is 13.0 Å². The molecule has 1 unspecified atom stereocenters. The maximum Gasteiger partial charge on any atom is 0.140 e. The van der Waals surface area contributed by atoms with Gasteiger partial charge in [0.1, 0.15) is 6.23 Å². The molecule has 1 radical (unpaired) electrons. The van der Waals surface area contributed by atoms with Gasteiger partial charge in [-0.1, -0.05) is 20.8 Å². The quantitative estimate of drug-likeness (QED) is 0.602. The Morgan fingerprint density at radius 1 is 1.40 bits per heavy atom. The summed E-state index contributed by atoms with van der Waals surface area (Å²) in [6.45, 7) is 8.97. The topological polar surface area (TPSA) is 31.9 Å². The van der Waals surface area contributed by atoms with Gasteiger partial charge in [0.25, 0.3) is 0 Å². The van der Waals surface area contributed by atoms with Gasteiger partial charge in [0.05, 0.1) is 0 Å². The monoisotopic (exact) mass is 144 g/mol. The lowest BCUT2D eigenvalue weighted by atomic mass is 9.92. The minimum atomic E-state index is -0.623. The minimum absolute atomic E-state index is 0.335. The van der Waals surface area contributed by atoms with Crippen molar-refractivity contribution in [3.63, 3.8) is 0 Å². The van der Waals surface area contributed by atoms with Gasteiger partial charge >= 0.3 is 0 Å². The van der Waals surface area contributed by atoms with Gasteiger partial charge in [-0.3, -0.25) is 5.32 Å². The highest BCUT2D eigenvalue weighted by atomic mass is 16.3. The molecule has 0 spiro atoms. The van der Waals surface area contributed by atoms with Gasteiger partial charge in [-0.15, -0.1) is 0 Å². The van der Waals surface area contributed by atoms with Gasteiger partial charge in [-0.2, -0.15) is 0 Å². The fraction of sp³-hybridized carbons (Fsp3) is 1.00. The summed E-state index contributed by atoms with van der Waals surface area (Å²) in [5.41, 5.74) is 0.335. The fourth-order valence-electron chi connectivity index (χ4n) is 0.650. The average molecular weight is 144 g/mol. The lowest BCUT2D eigenvalue weighted by Gasteiger charge is -2.18. The molecule has 0 bridgehead atoms. The Hall–Kier alpha value is -0.0800. The molecule has 0 saturated carbocycles. The highest BCUT2D eigenvalue weighted by molar-refractivity contribution is 4.62. The molecule has 0 aliphatic heterocycles. The Balaban J connectivity index is 3.21. The summed E-state index contributed by atoms with van der Waals surface area (Å²) in [4.78, 5) is 0. The summed E-state index contributed by atoms with van der Waals surface area (Å²) in [5, 5.41) is 13.3. The van der Waals surface area contributed by atoms with Gasteiger partial charge in [0.15, 0.2) is 0 Å². The van der Waals surface area contributed by atoms with Crippen LogP contribution in [-0.4, -0.2) is 12.8 Å². The first-order valence-electron chi connectivity index (χ1n) is 3.81. The summed E-state index contributed by atoms with van der Waals surface area (Å²) >= 11 is 0. The maximum absolute atomic E-state index is 10.5. The van der Waals surface area contributed by atoms with Crippen LogP contribution in [0.2, 0.25) is 0 Å². The molecule has 0 fully saturated rings. The summed E-state index contributed by atoms with van der Waals surface area (Å²) in [6.07, 6.45) is 0.432. The third-order valence-electron chi connectivity index (χ3n) is 1.31. The standard InChI is InChI=1S/C8H18NO/c1-7(10)9-6-5-8(2,3)4/h7,9H,5-6H2,1-4H3. The zero-order valence-corrected chi connectivity index (χ0v) is 7.40. The van der Waals surface area contributed by atoms with E-state index in [1.807, 2.05) is 0 Å². The highest BCUT2D eigenvalue weighted by Gasteiger charge is 2.09. The fourth-order valence-corrected chi connectivity index (χ4v) is 0.650. The Bertz CT molecular complexity index is 83.7. The van der Waals surface area contributed by atoms with Gasteiger partial charge < -0.3 is 0 Å². The molecule has 1 N–H and O–H groups in total. The Morgan fingerprint density at radius 2 is 1.90 bits per heavy atom. The molecule has 0 aromatic heterocycles. The first kappa shape index (κ1) is 9.92. The van der Waals surface area contributed by atoms with Gasteiger partial charge in [-0.05, 0) is 25.3 Å². The van der Waals surface area contributed by atoms with Crippen molar-refractivity contribution in [1.29, 1.82) is 0 Å². The van der Waals surface area contributed by atoms with E-state index in [1.54, 1.807) is 6.92 Å².